The molecule has 1 aliphatic rings. The molecule has 1 aliphatic heterocycles. The van der Waals surface area contributed by atoms with Crippen LogP contribution < -0.4 is 9.47 Å². The molecular weight excluding hydrogens is 350 g/mol. The maximum absolute atomic E-state index is 13.1. The molecule has 8 nitrogen and oxygen atoms in total. The molecule has 0 aliphatic carbocycles. The van der Waals surface area contributed by atoms with Gasteiger partial charge in [0, 0.05) is 18.7 Å². The van der Waals surface area contributed by atoms with E-state index < -0.39 is 28.6 Å². The summed E-state index contributed by atoms with van der Waals surface area (Å²) in [5.41, 5.74) is 0. The van der Waals surface area contributed by atoms with Crippen LogP contribution in [0.1, 0.15) is 19.3 Å². The van der Waals surface area contributed by atoms with E-state index in [9.17, 15) is 13.2 Å². The molecule has 1 fully saturated rings. The molecule has 25 heavy (non-hydrogen) atoms. The number of carboxylic acids is 1. The molecule has 0 amide bonds. The van der Waals surface area contributed by atoms with Crippen LogP contribution in [-0.4, -0.2) is 63.8 Å². The summed E-state index contributed by atoms with van der Waals surface area (Å²) in [7, 11) is -0.915. The highest BCUT2D eigenvalue weighted by Crippen LogP contribution is 2.33. The number of hydrogen-bond acceptors (Lipinski definition) is 6. The van der Waals surface area contributed by atoms with Gasteiger partial charge in [0.05, 0.1) is 20.8 Å². The van der Waals surface area contributed by atoms with Crippen molar-refractivity contribution in [1.29, 1.82) is 0 Å². The Morgan fingerprint density at radius 1 is 1.28 bits per heavy atom. The molecule has 9 heteroatoms. The van der Waals surface area contributed by atoms with Gasteiger partial charge in [0.15, 0.2) is 0 Å². The Hall–Kier alpha value is -1.84. The van der Waals surface area contributed by atoms with Crippen molar-refractivity contribution in [2.45, 2.75) is 30.2 Å². The van der Waals surface area contributed by atoms with Crippen molar-refractivity contribution in [3.8, 4) is 11.5 Å². The SMILES string of the molecule is COc1ccc(S(=O)(=O)N2CCCCC2COCC(=O)O)c(OC)c1. The van der Waals surface area contributed by atoms with Crippen molar-refractivity contribution in [2.24, 2.45) is 0 Å². The third kappa shape index (κ3) is 4.62. The standard InChI is InChI=1S/C16H23NO7S/c1-22-13-6-7-15(14(9-13)23-2)25(20,21)17-8-4-3-5-12(17)10-24-11-16(18)19/h6-7,9,12H,3-5,8,10-11H2,1-2H3,(H,18,19). The van der Waals surface area contributed by atoms with Gasteiger partial charge < -0.3 is 19.3 Å². The zero-order valence-electron chi connectivity index (χ0n) is 14.3. The number of rotatable bonds is 8. The molecule has 0 aromatic heterocycles. The van der Waals surface area contributed by atoms with Crippen LogP contribution in [0, 0.1) is 0 Å². The van der Waals surface area contributed by atoms with Gasteiger partial charge in [-0.2, -0.15) is 4.31 Å². The third-order valence-corrected chi connectivity index (χ3v) is 6.06. The van der Waals surface area contributed by atoms with Crippen LogP contribution in [-0.2, 0) is 19.6 Å². The maximum atomic E-state index is 13.1. The van der Waals surface area contributed by atoms with Crippen LogP contribution in [0.15, 0.2) is 23.1 Å². The van der Waals surface area contributed by atoms with Gasteiger partial charge in [-0.3, -0.25) is 0 Å². The van der Waals surface area contributed by atoms with E-state index in [0.29, 0.717) is 18.7 Å². The van der Waals surface area contributed by atoms with E-state index in [1.54, 1.807) is 6.07 Å². The van der Waals surface area contributed by atoms with Gasteiger partial charge in [0.1, 0.15) is 23.0 Å². The van der Waals surface area contributed by atoms with E-state index in [2.05, 4.69) is 0 Å². The highest BCUT2D eigenvalue weighted by atomic mass is 32.2. The molecule has 1 heterocycles. The minimum atomic E-state index is -3.80. The van der Waals surface area contributed by atoms with Crippen molar-refractivity contribution in [1.82, 2.24) is 4.31 Å². The molecule has 1 unspecified atom stereocenters. The van der Waals surface area contributed by atoms with E-state index in [0.717, 1.165) is 12.8 Å². The van der Waals surface area contributed by atoms with E-state index in [1.165, 1.54) is 30.7 Å². The molecule has 0 radical (unpaired) electrons. The molecule has 1 saturated heterocycles. The molecule has 0 saturated carbocycles. The summed E-state index contributed by atoms with van der Waals surface area (Å²) in [5, 5.41) is 8.68. The highest BCUT2D eigenvalue weighted by molar-refractivity contribution is 7.89. The average Bonchev–Trinajstić information content (AvgIpc) is 2.61. The normalized spacial score (nSPS) is 18.7. The van der Waals surface area contributed by atoms with Gasteiger partial charge in [-0.05, 0) is 25.0 Å². The number of ether oxygens (including phenoxy) is 3. The Morgan fingerprint density at radius 3 is 2.68 bits per heavy atom. The predicted molar refractivity (Wildman–Crippen MR) is 89.5 cm³/mol. The van der Waals surface area contributed by atoms with Gasteiger partial charge in [-0.1, -0.05) is 6.42 Å². The zero-order valence-corrected chi connectivity index (χ0v) is 15.1. The van der Waals surface area contributed by atoms with Crippen LogP contribution in [0.25, 0.3) is 0 Å². The number of nitrogens with zero attached hydrogens (tertiary/aromatic N) is 1. The Bertz CT molecular complexity index is 704. The number of carboxylic acid groups (broad SMARTS) is 1. The first-order valence-corrected chi connectivity index (χ1v) is 9.37. The Morgan fingerprint density at radius 2 is 2.04 bits per heavy atom. The van der Waals surface area contributed by atoms with E-state index in [4.69, 9.17) is 19.3 Å². The molecule has 0 spiro atoms. The molecule has 1 atom stereocenters. The summed E-state index contributed by atoms with van der Waals surface area (Å²) in [6, 6.07) is 4.14. The minimum absolute atomic E-state index is 0.0456. The van der Waals surface area contributed by atoms with Crippen LogP contribution >= 0.6 is 0 Å². The second kappa shape index (κ2) is 8.50. The number of carbonyl (C=O) groups is 1. The Labute approximate surface area is 147 Å². The molecule has 2 rings (SSSR count). The minimum Gasteiger partial charge on any atom is -0.497 e. The number of aliphatic carboxylic acids is 1. The van der Waals surface area contributed by atoms with Crippen LogP contribution in [0.5, 0.6) is 11.5 Å². The van der Waals surface area contributed by atoms with Gasteiger partial charge in [-0.15, -0.1) is 0 Å². The molecule has 1 aromatic carbocycles. The first-order chi connectivity index (χ1) is 11.9. The van der Waals surface area contributed by atoms with Crippen LogP contribution in [0.2, 0.25) is 0 Å². The lowest BCUT2D eigenvalue weighted by Gasteiger charge is -2.34. The molecule has 1 N–H and O–H groups in total. The number of benzene rings is 1. The van der Waals surface area contributed by atoms with Crippen LogP contribution in [0.3, 0.4) is 0 Å². The van der Waals surface area contributed by atoms with Gasteiger partial charge in [0.25, 0.3) is 0 Å². The highest BCUT2D eigenvalue weighted by Gasteiger charge is 2.35. The van der Waals surface area contributed by atoms with E-state index >= 15 is 0 Å². The van der Waals surface area contributed by atoms with Crippen molar-refractivity contribution >= 4 is 16.0 Å². The fourth-order valence-corrected chi connectivity index (χ4v) is 4.67. The van der Waals surface area contributed by atoms with E-state index in [-0.39, 0.29) is 17.3 Å². The summed E-state index contributed by atoms with van der Waals surface area (Å²) >= 11 is 0. The summed E-state index contributed by atoms with van der Waals surface area (Å²) in [6.07, 6.45) is 2.23. The third-order valence-electron chi connectivity index (χ3n) is 4.07. The van der Waals surface area contributed by atoms with Crippen molar-refractivity contribution in [3.63, 3.8) is 0 Å². The van der Waals surface area contributed by atoms with Gasteiger partial charge >= 0.3 is 5.97 Å². The first kappa shape index (κ1) is 19.5. The van der Waals surface area contributed by atoms with Crippen molar-refractivity contribution < 1.29 is 32.5 Å². The number of piperidine rings is 1. The number of hydrogen-bond donors (Lipinski definition) is 1. The Kier molecular flexibility index (Phi) is 6.63. The molecule has 140 valence electrons. The van der Waals surface area contributed by atoms with Gasteiger partial charge in [0.2, 0.25) is 10.0 Å². The number of methoxy groups -OCH3 is 2. The smallest absolute Gasteiger partial charge is 0.329 e. The predicted octanol–water partition coefficient (Wildman–Crippen LogP) is 1.35. The average molecular weight is 373 g/mol. The van der Waals surface area contributed by atoms with Crippen molar-refractivity contribution in [3.05, 3.63) is 18.2 Å². The summed E-state index contributed by atoms with van der Waals surface area (Å²) < 4.78 is 43.0. The monoisotopic (exact) mass is 373 g/mol. The summed E-state index contributed by atoms with van der Waals surface area (Å²) in [4.78, 5) is 10.7. The lowest BCUT2D eigenvalue weighted by atomic mass is 10.1. The molecular formula is C16H23NO7S. The molecule has 0 bridgehead atoms. The number of sulfonamides is 1. The Balaban J connectivity index is 2.27. The zero-order chi connectivity index (χ0) is 18.4. The fourth-order valence-electron chi connectivity index (χ4n) is 2.85. The topological polar surface area (TPSA) is 102 Å². The second-order valence-corrected chi connectivity index (χ2v) is 7.55. The quantitative estimate of drug-likeness (QED) is 0.734. The van der Waals surface area contributed by atoms with Crippen molar-refractivity contribution in [2.75, 3.05) is 34.0 Å². The van der Waals surface area contributed by atoms with Gasteiger partial charge in [-0.25, -0.2) is 13.2 Å². The lowest BCUT2D eigenvalue weighted by molar-refractivity contribution is -0.142. The molecule has 1 aromatic rings. The summed E-state index contributed by atoms with van der Waals surface area (Å²) in [5.74, 6) is -0.382. The largest absolute Gasteiger partial charge is 0.497 e. The first-order valence-electron chi connectivity index (χ1n) is 7.93. The maximum Gasteiger partial charge on any atom is 0.329 e. The fraction of sp³-hybridized carbons (Fsp3) is 0.562. The summed E-state index contributed by atoms with van der Waals surface area (Å²) in [6.45, 7) is -0.0428. The van der Waals surface area contributed by atoms with E-state index in [1.807, 2.05) is 0 Å². The van der Waals surface area contributed by atoms with Crippen LogP contribution in [0.4, 0.5) is 0 Å². The lowest BCUT2D eigenvalue weighted by Crippen LogP contribution is -2.46. The second-order valence-electron chi connectivity index (χ2n) is 5.69.